The van der Waals surface area contributed by atoms with Gasteiger partial charge in [-0.25, -0.2) is 4.98 Å². The van der Waals surface area contributed by atoms with Gasteiger partial charge in [0.25, 0.3) is 5.91 Å². The van der Waals surface area contributed by atoms with E-state index in [2.05, 4.69) is 23.0 Å². The molecule has 1 aliphatic rings. The molecule has 1 fully saturated rings. The predicted molar refractivity (Wildman–Crippen MR) is 91.2 cm³/mol. The molecular weight excluding hydrogens is 274 g/mol. The van der Waals surface area contributed by atoms with E-state index in [0.29, 0.717) is 18.7 Å². The summed E-state index contributed by atoms with van der Waals surface area (Å²) >= 11 is 0. The Morgan fingerprint density at radius 1 is 1.18 bits per heavy atom. The number of rotatable bonds is 6. The molecule has 0 unspecified atom stereocenters. The van der Waals surface area contributed by atoms with E-state index in [4.69, 9.17) is 0 Å². The van der Waals surface area contributed by atoms with E-state index in [1.54, 1.807) is 29.3 Å². The third-order valence-corrected chi connectivity index (χ3v) is 3.91. The molecule has 4 nitrogen and oxygen atoms in total. The number of aromatic nitrogens is 1. The Bertz CT molecular complexity index is 509. The van der Waals surface area contributed by atoms with Crippen LogP contribution >= 0.6 is 0 Å². The number of amides is 1. The minimum absolute atomic E-state index is 0.00160. The van der Waals surface area contributed by atoms with Crippen molar-refractivity contribution < 1.29 is 4.79 Å². The molecule has 2 heterocycles. The maximum Gasteiger partial charge on any atom is 0.254 e. The average molecular weight is 299 g/mol. The molecule has 0 radical (unpaired) electrons. The van der Waals surface area contributed by atoms with Crippen molar-refractivity contribution >= 4 is 11.7 Å². The van der Waals surface area contributed by atoms with Crippen molar-refractivity contribution in [3.63, 3.8) is 0 Å². The fourth-order valence-corrected chi connectivity index (χ4v) is 2.76. The predicted octanol–water partition coefficient (Wildman–Crippen LogP) is 3.28. The second-order valence-electron chi connectivity index (χ2n) is 5.59. The van der Waals surface area contributed by atoms with Gasteiger partial charge in [-0.3, -0.25) is 4.79 Å². The number of hydrogen-bond acceptors (Lipinski definition) is 3. The molecule has 1 aromatic rings. The van der Waals surface area contributed by atoms with Crippen molar-refractivity contribution in [3.05, 3.63) is 49.2 Å². The molecule has 4 heteroatoms. The van der Waals surface area contributed by atoms with Gasteiger partial charge < -0.3 is 9.80 Å². The average Bonchev–Trinajstić information content (AvgIpc) is 2.83. The lowest BCUT2D eigenvalue weighted by Gasteiger charge is -2.23. The van der Waals surface area contributed by atoms with Gasteiger partial charge in [-0.15, -0.1) is 13.2 Å². The van der Waals surface area contributed by atoms with E-state index >= 15 is 0 Å². The van der Waals surface area contributed by atoms with Gasteiger partial charge in [0.2, 0.25) is 0 Å². The van der Waals surface area contributed by atoms with Gasteiger partial charge in [0.1, 0.15) is 5.82 Å². The number of anilines is 1. The van der Waals surface area contributed by atoms with Crippen LogP contribution in [0.2, 0.25) is 0 Å². The highest BCUT2D eigenvalue weighted by Gasteiger charge is 2.16. The van der Waals surface area contributed by atoms with Gasteiger partial charge >= 0.3 is 0 Å². The van der Waals surface area contributed by atoms with Gasteiger partial charge in [0, 0.05) is 37.9 Å². The van der Waals surface area contributed by atoms with Crippen LogP contribution < -0.4 is 4.90 Å². The summed E-state index contributed by atoms with van der Waals surface area (Å²) in [5.74, 6) is 0.906. The van der Waals surface area contributed by atoms with Crippen LogP contribution in [0.5, 0.6) is 0 Å². The smallest absolute Gasteiger partial charge is 0.254 e. The van der Waals surface area contributed by atoms with Gasteiger partial charge in [-0.1, -0.05) is 25.0 Å². The second-order valence-corrected chi connectivity index (χ2v) is 5.59. The zero-order valence-corrected chi connectivity index (χ0v) is 13.2. The number of hydrogen-bond donors (Lipinski definition) is 0. The standard InChI is InChI=1S/C18H25N3O/c1-3-11-21(12-4-2)18(22)16-9-10-19-17(15-16)20-13-7-5-6-8-14-20/h3-4,9-10,15H,1-2,5-8,11-14H2. The molecule has 0 saturated carbocycles. The molecular formula is C18H25N3O. The molecule has 1 amide bonds. The SMILES string of the molecule is C=CCN(CC=C)C(=O)c1ccnc(N2CCCCCC2)c1. The largest absolute Gasteiger partial charge is 0.357 e. The Morgan fingerprint density at radius 2 is 1.82 bits per heavy atom. The van der Waals surface area contributed by atoms with Crippen LogP contribution in [0, 0.1) is 0 Å². The first-order chi connectivity index (χ1) is 10.8. The highest BCUT2D eigenvalue weighted by Crippen LogP contribution is 2.19. The normalized spacial score (nSPS) is 15.0. The fourth-order valence-electron chi connectivity index (χ4n) is 2.76. The minimum atomic E-state index is -0.00160. The van der Waals surface area contributed by atoms with E-state index < -0.39 is 0 Å². The van der Waals surface area contributed by atoms with Crippen molar-refractivity contribution in [2.24, 2.45) is 0 Å². The van der Waals surface area contributed by atoms with Crippen molar-refractivity contribution in [2.45, 2.75) is 25.7 Å². The van der Waals surface area contributed by atoms with Crippen LogP contribution in [-0.2, 0) is 0 Å². The van der Waals surface area contributed by atoms with Crippen molar-refractivity contribution in [1.29, 1.82) is 0 Å². The summed E-state index contributed by atoms with van der Waals surface area (Å²) < 4.78 is 0. The maximum atomic E-state index is 12.6. The molecule has 1 aliphatic heterocycles. The second kappa shape index (κ2) is 8.37. The first-order valence-corrected chi connectivity index (χ1v) is 7.98. The summed E-state index contributed by atoms with van der Waals surface area (Å²) in [6.07, 6.45) is 10.1. The quantitative estimate of drug-likeness (QED) is 0.756. The van der Waals surface area contributed by atoms with E-state index in [-0.39, 0.29) is 5.91 Å². The summed E-state index contributed by atoms with van der Waals surface area (Å²) in [6.45, 7) is 10.5. The highest BCUT2D eigenvalue weighted by atomic mass is 16.2. The Hall–Kier alpha value is -2.10. The summed E-state index contributed by atoms with van der Waals surface area (Å²) in [4.78, 5) is 21.1. The number of pyridine rings is 1. The van der Waals surface area contributed by atoms with Crippen LogP contribution in [0.3, 0.4) is 0 Å². The lowest BCUT2D eigenvalue weighted by Crippen LogP contribution is -2.32. The summed E-state index contributed by atoms with van der Waals surface area (Å²) in [5.41, 5.74) is 0.679. The Morgan fingerprint density at radius 3 is 2.41 bits per heavy atom. The van der Waals surface area contributed by atoms with Crippen LogP contribution in [-0.4, -0.2) is 42.0 Å². The monoisotopic (exact) mass is 299 g/mol. The van der Waals surface area contributed by atoms with E-state index in [9.17, 15) is 4.79 Å². The number of nitrogens with zero attached hydrogens (tertiary/aromatic N) is 3. The van der Waals surface area contributed by atoms with Gasteiger partial charge in [0.15, 0.2) is 0 Å². The van der Waals surface area contributed by atoms with Crippen molar-refractivity contribution in [1.82, 2.24) is 9.88 Å². The number of carbonyl (C=O) groups is 1. The molecule has 0 bridgehead atoms. The lowest BCUT2D eigenvalue weighted by atomic mass is 10.2. The molecule has 0 atom stereocenters. The summed E-state index contributed by atoms with van der Waals surface area (Å²) in [5, 5.41) is 0. The first kappa shape index (κ1) is 16.3. The summed E-state index contributed by atoms with van der Waals surface area (Å²) in [7, 11) is 0. The van der Waals surface area contributed by atoms with Crippen LogP contribution in [0.15, 0.2) is 43.6 Å². The third-order valence-electron chi connectivity index (χ3n) is 3.91. The van der Waals surface area contributed by atoms with Gasteiger partial charge in [-0.2, -0.15) is 0 Å². The van der Waals surface area contributed by atoms with E-state index in [1.165, 1.54) is 25.7 Å². The first-order valence-electron chi connectivity index (χ1n) is 7.98. The molecule has 0 aromatic carbocycles. The lowest BCUT2D eigenvalue weighted by molar-refractivity contribution is 0.0791. The number of carbonyl (C=O) groups excluding carboxylic acids is 1. The maximum absolute atomic E-state index is 12.6. The Kier molecular flexibility index (Phi) is 6.19. The molecule has 1 aromatic heterocycles. The van der Waals surface area contributed by atoms with E-state index in [1.807, 2.05) is 6.07 Å². The topological polar surface area (TPSA) is 36.4 Å². The van der Waals surface area contributed by atoms with Gasteiger partial charge in [-0.05, 0) is 25.0 Å². The molecule has 0 spiro atoms. The molecule has 118 valence electrons. The molecule has 2 rings (SSSR count). The van der Waals surface area contributed by atoms with Crippen LogP contribution in [0.25, 0.3) is 0 Å². The molecule has 0 aliphatic carbocycles. The van der Waals surface area contributed by atoms with Gasteiger partial charge in [0.05, 0.1) is 0 Å². The highest BCUT2D eigenvalue weighted by molar-refractivity contribution is 5.95. The molecule has 0 N–H and O–H groups in total. The third kappa shape index (κ3) is 4.20. The Balaban J connectivity index is 2.17. The van der Waals surface area contributed by atoms with Crippen LogP contribution in [0.1, 0.15) is 36.0 Å². The zero-order valence-electron chi connectivity index (χ0n) is 13.2. The molecule has 22 heavy (non-hydrogen) atoms. The zero-order chi connectivity index (χ0) is 15.8. The molecule has 1 saturated heterocycles. The van der Waals surface area contributed by atoms with Crippen molar-refractivity contribution in [2.75, 3.05) is 31.1 Å². The van der Waals surface area contributed by atoms with E-state index in [0.717, 1.165) is 18.9 Å². The van der Waals surface area contributed by atoms with Crippen molar-refractivity contribution in [3.8, 4) is 0 Å². The van der Waals surface area contributed by atoms with Crippen LogP contribution in [0.4, 0.5) is 5.82 Å². The Labute approximate surface area is 133 Å². The minimum Gasteiger partial charge on any atom is -0.357 e. The fraction of sp³-hybridized carbons (Fsp3) is 0.444. The summed E-state index contributed by atoms with van der Waals surface area (Å²) in [6, 6.07) is 3.69.